The summed E-state index contributed by atoms with van der Waals surface area (Å²) < 4.78 is 27.5. The second-order valence-electron chi connectivity index (χ2n) is 4.31. The van der Waals surface area contributed by atoms with Crippen LogP contribution in [0, 0.1) is 0 Å². The summed E-state index contributed by atoms with van der Waals surface area (Å²) in [6, 6.07) is 10.3. The Bertz CT molecular complexity index is 715. The molecule has 1 aromatic heterocycles. The van der Waals surface area contributed by atoms with Crippen molar-refractivity contribution in [3.8, 4) is 0 Å². The Hall–Kier alpha value is -0.400. The molecule has 0 fully saturated rings. The van der Waals surface area contributed by atoms with E-state index >= 15 is 0 Å². The highest BCUT2D eigenvalue weighted by Crippen LogP contribution is 2.32. The molecule has 0 aliphatic rings. The highest BCUT2D eigenvalue weighted by atomic mass is 79.9. The van der Waals surface area contributed by atoms with Crippen molar-refractivity contribution in [3.05, 3.63) is 50.8 Å². The smallest absolute Gasteiger partial charge is 0.206 e. The molecule has 3 nitrogen and oxygen atoms in total. The molecule has 108 valence electrons. The highest BCUT2D eigenvalue weighted by Gasteiger charge is 2.27. The van der Waals surface area contributed by atoms with Crippen LogP contribution in [0.5, 0.6) is 0 Å². The fourth-order valence-corrected chi connectivity index (χ4v) is 5.51. The van der Waals surface area contributed by atoms with Gasteiger partial charge in [0.2, 0.25) is 0 Å². The molecular formula is C13H13BrClNO2S2. The predicted molar refractivity (Wildman–Crippen MR) is 86.8 cm³/mol. The summed E-state index contributed by atoms with van der Waals surface area (Å²) >= 11 is 10.4. The van der Waals surface area contributed by atoms with Crippen LogP contribution in [0.3, 0.4) is 0 Å². The number of benzene rings is 1. The standard InChI is InChI=1S/C13H13BrClNO2S2/c1-9(10-4-3-5-11(15)8-10)16(2)20(17,18)13-7-6-12(14)19-13/h3-9H,1-2H3. The molecule has 1 atom stereocenters. The third kappa shape index (κ3) is 3.26. The van der Waals surface area contributed by atoms with E-state index in [1.54, 1.807) is 31.3 Å². The highest BCUT2D eigenvalue weighted by molar-refractivity contribution is 9.11. The van der Waals surface area contributed by atoms with Crippen LogP contribution in [0.15, 0.2) is 44.4 Å². The molecule has 2 rings (SSSR count). The van der Waals surface area contributed by atoms with Crippen LogP contribution in [0.25, 0.3) is 0 Å². The summed E-state index contributed by atoms with van der Waals surface area (Å²) in [4.78, 5) is 0. The van der Waals surface area contributed by atoms with Gasteiger partial charge < -0.3 is 0 Å². The fraction of sp³-hybridized carbons (Fsp3) is 0.231. The van der Waals surface area contributed by atoms with Gasteiger partial charge in [-0.1, -0.05) is 23.7 Å². The normalized spacial score (nSPS) is 13.7. The second-order valence-corrected chi connectivity index (χ2v) is 9.43. The number of nitrogens with zero attached hydrogens (tertiary/aromatic N) is 1. The van der Waals surface area contributed by atoms with Crippen molar-refractivity contribution in [2.45, 2.75) is 17.2 Å². The lowest BCUT2D eigenvalue weighted by molar-refractivity contribution is 0.399. The summed E-state index contributed by atoms with van der Waals surface area (Å²) in [5.74, 6) is 0. The summed E-state index contributed by atoms with van der Waals surface area (Å²) in [5, 5.41) is 0.596. The summed E-state index contributed by atoms with van der Waals surface area (Å²) in [7, 11) is -1.92. The van der Waals surface area contributed by atoms with Gasteiger partial charge in [-0.2, -0.15) is 4.31 Å². The Morgan fingerprint density at radius 1 is 1.30 bits per heavy atom. The number of hydrogen-bond donors (Lipinski definition) is 0. The summed E-state index contributed by atoms with van der Waals surface area (Å²) in [5.41, 5.74) is 0.860. The number of rotatable bonds is 4. The first-order valence-electron chi connectivity index (χ1n) is 5.81. The molecule has 0 aliphatic carbocycles. The molecule has 0 saturated heterocycles. The average molecular weight is 395 g/mol. The minimum Gasteiger partial charge on any atom is -0.206 e. The third-order valence-corrected chi connectivity index (χ3v) is 7.31. The van der Waals surface area contributed by atoms with Gasteiger partial charge in [0.1, 0.15) is 4.21 Å². The molecule has 1 aromatic carbocycles. The van der Waals surface area contributed by atoms with Crippen molar-refractivity contribution >= 4 is 48.9 Å². The predicted octanol–water partition coefficient (Wildman–Crippen LogP) is 4.55. The lowest BCUT2D eigenvalue weighted by Crippen LogP contribution is -2.29. The largest absolute Gasteiger partial charge is 0.252 e. The first-order chi connectivity index (χ1) is 9.32. The lowest BCUT2D eigenvalue weighted by atomic mass is 10.1. The minimum absolute atomic E-state index is 0.292. The Morgan fingerprint density at radius 2 is 2.00 bits per heavy atom. The number of sulfonamides is 1. The van der Waals surface area contributed by atoms with Gasteiger partial charge in [-0.15, -0.1) is 11.3 Å². The van der Waals surface area contributed by atoms with Gasteiger partial charge in [-0.25, -0.2) is 8.42 Å². The SMILES string of the molecule is CC(c1cccc(Cl)c1)N(C)S(=O)(=O)c1ccc(Br)s1. The topological polar surface area (TPSA) is 37.4 Å². The Kier molecular flexibility index (Phi) is 4.92. The van der Waals surface area contributed by atoms with Crippen LogP contribution in [-0.2, 0) is 10.0 Å². The van der Waals surface area contributed by atoms with Crippen molar-refractivity contribution in [2.24, 2.45) is 0 Å². The first kappa shape index (κ1) is 16.0. The third-order valence-electron chi connectivity index (χ3n) is 3.06. The van der Waals surface area contributed by atoms with E-state index in [-0.39, 0.29) is 6.04 Å². The molecule has 0 bridgehead atoms. The molecule has 0 saturated carbocycles. The number of halogens is 2. The maximum Gasteiger partial charge on any atom is 0.252 e. The van der Waals surface area contributed by atoms with Gasteiger partial charge in [0.15, 0.2) is 0 Å². The molecule has 20 heavy (non-hydrogen) atoms. The van der Waals surface area contributed by atoms with E-state index in [9.17, 15) is 8.42 Å². The quantitative estimate of drug-likeness (QED) is 0.763. The molecule has 0 radical (unpaired) electrons. The lowest BCUT2D eigenvalue weighted by Gasteiger charge is -2.24. The maximum absolute atomic E-state index is 12.5. The van der Waals surface area contributed by atoms with E-state index < -0.39 is 10.0 Å². The van der Waals surface area contributed by atoms with Gasteiger partial charge in [-0.3, -0.25) is 0 Å². The van der Waals surface area contributed by atoms with E-state index in [1.165, 1.54) is 15.6 Å². The van der Waals surface area contributed by atoms with E-state index in [1.807, 2.05) is 19.1 Å². The van der Waals surface area contributed by atoms with Gasteiger partial charge in [0.25, 0.3) is 10.0 Å². The van der Waals surface area contributed by atoms with Crippen LogP contribution in [0.2, 0.25) is 5.02 Å². The molecule has 0 N–H and O–H groups in total. The Balaban J connectivity index is 2.33. The zero-order chi connectivity index (χ0) is 14.9. The zero-order valence-electron chi connectivity index (χ0n) is 10.9. The van der Waals surface area contributed by atoms with E-state index in [0.717, 1.165) is 9.35 Å². The van der Waals surface area contributed by atoms with Crippen LogP contribution in [0.1, 0.15) is 18.5 Å². The van der Waals surface area contributed by atoms with Crippen molar-refractivity contribution < 1.29 is 8.42 Å². The second kappa shape index (κ2) is 6.15. The Labute approximate surface area is 136 Å². The van der Waals surface area contributed by atoms with Crippen LogP contribution >= 0.6 is 38.9 Å². The van der Waals surface area contributed by atoms with Crippen molar-refractivity contribution in [1.29, 1.82) is 0 Å². The van der Waals surface area contributed by atoms with Gasteiger partial charge in [0, 0.05) is 18.1 Å². The number of hydrogen-bond acceptors (Lipinski definition) is 3. The van der Waals surface area contributed by atoms with Crippen LogP contribution < -0.4 is 0 Å². The fourth-order valence-electron chi connectivity index (χ4n) is 1.76. The molecule has 0 amide bonds. The average Bonchev–Trinajstić information content (AvgIpc) is 2.84. The van der Waals surface area contributed by atoms with E-state index in [2.05, 4.69) is 15.9 Å². The number of thiophene rings is 1. The monoisotopic (exact) mass is 393 g/mol. The van der Waals surface area contributed by atoms with Gasteiger partial charge >= 0.3 is 0 Å². The van der Waals surface area contributed by atoms with Crippen molar-refractivity contribution in [1.82, 2.24) is 4.31 Å². The van der Waals surface area contributed by atoms with Crippen molar-refractivity contribution in [3.63, 3.8) is 0 Å². The molecule has 1 heterocycles. The maximum atomic E-state index is 12.5. The van der Waals surface area contributed by atoms with Crippen molar-refractivity contribution in [2.75, 3.05) is 7.05 Å². The molecule has 1 unspecified atom stereocenters. The zero-order valence-corrected chi connectivity index (χ0v) is 14.9. The minimum atomic E-state index is -3.50. The van der Waals surface area contributed by atoms with Crippen LogP contribution in [-0.4, -0.2) is 19.8 Å². The molecule has 2 aromatic rings. The molecule has 0 aliphatic heterocycles. The molecule has 0 spiro atoms. The summed E-state index contributed by atoms with van der Waals surface area (Å²) in [6.45, 7) is 1.84. The van der Waals surface area contributed by atoms with E-state index in [4.69, 9.17) is 11.6 Å². The first-order valence-corrected chi connectivity index (χ1v) is 9.24. The summed E-state index contributed by atoms with van der Waals surface area (Å²) in [6.07, 6.45) is 0. The van der Waals surface area contributed by atoms with Gasteiger partial charge in [-0.05, 0) is 52.7 Å². The molecule has 7 heteroatoms. The van der Waals surface area contributed by atoms with Gasteiger partial charge in [0.05, 0.1) is 3.79 Å². The molecular weight excluding hydrogens is 382 g/mol. The van der Waals surface area contributed by atoms with E-state index in [0.29, 0.717) is 9.23 Å². The Morgan fingerprint density at radius 3 is 2.55 bits per heavy atom. The van der Waals surface area contributed by atoms with Crippen LogP contribution in [0.4, 0.5) is 0 Å².